The molecule has 28 heavy (non-hydrogen) atoms. The molecule has 0 radical (unpaired) electrons. The van der Waals surface area contributed by atoms with Gasteiger partial charge in [0.1, 0.15) is 0 Å². The molecule has 1 saturated heterocycles. The molecule has 10 heteroatoms. The minimum absolute atomic E-state index is 0.0585. The largest absolute Gasteiger partial charge is 0.475 e. The Morgan fingerprint density at radius 2 is 1.82 bits per heavy atom. The first-order chi connectivity index (χ1) is 13.4. The molecule has 10 nitrogen and oxygen atoms in total. The Morgan fingerprint density at radius 1 is 1.14 bits per heavy atom. The van der Waals surface area contributed by atoms with E-state index in [2.05, 4.69) is 0 Å². The van der Waals surface area contributed by atoms with E-state index < -0.39 is 24.1 Å². The van der Waals surface area contributed by atoms with E-state index in [0.717, 1.165) is 0 Å². The monoisotopic (exact) mass is 394 g/mol. The van der Waals surface area contributed by atoms with Crippen LogP contribution in [0, 0.1) is 16.0 Å². The summed E-state index contributed by atoms with van der Waals surface area (Å²) < 4.78 is 15.0. The molecule has 0 saturated carbocycles. The fraction of sp³-hybridized carbons (Fsp3) is 0.500. The number of esters is 2. The van der Waals surface area contributed by atoms with Gasteiger partial charge in [0.05, 0.1) is 17.4 Å². The third-order valence-electron chi connectivity index (χ3n) is 4.23. The van der Waals surface area contributed by atoms with Crippen LogP contribution in [0.25, 0.3) is 0 Å². The number of amides is 1. The Hall–Kier alpha value is -3.17. The Labute approximate surface area is 161 Å². The van der Waals surface area contributed by atoms with Crippen molar-refractivity contribution in [2.45, 2.75) is 19.8 Å². The second-order valence-electron chi connectivity index (χ2n) is 6.08. The molecular weight excluding hydrogens is 372 g/mol. The van der Waals surface area contributed by atoms with Gasteiger partial charge in [0.15, 0.2) is 19.0 Å². The van der Waals surface area contributed by atoms with Crippen LogP contribution in [0.1, 0.15) is 19.8 Å². The van der Waals surface area contributed by atoms with Crippen molar-refractivity contribution < 1.29 is 33.5 Å². The Balaban J connectivity index is 1.72. The quantitative estimate of drug-likeness (QED) is 0.367. The summed E-state index contributed by atoms with van der Waals surface area (Å²) in [5.74, 6) is -1.72. The van der Waals surface area contributed by atoms with Crippen LogP contribution in [0.3, 0.4) is 0 Å². The zero-order chi connectivity index (χ0) is 20.5. The van der Waals surface area contributed by atoms with Gasteiger partial charge < -0.3 is 19.1 Å². The number of carbonyl (C=O) groups is 3. The third-order valence-corrected chi connectivity index (χ3v) is 4.23. The summed E-state index contributed by atoms with van der Waals surface area (Å²) in [6, 6.07) is 5.64. The van der Waals surface area contributed by atoms with Crippen molar-refractivity contribution in [3.8, 4) is 5.75 Å². The number of benzene rings is 1. The predicted molar refractivity (Wildman–Crippen MR) is 95.5 cm³/mol. The van der Waals surface area contributed by atoms with Gasteiger partial charge in [0.25, 0.3) is 5.91 Å². The van der Waals surface area contributed by atoms with Crippen LogP contribution in [0.4, 0.5) is 5.69 Å². The number of ether oxygens (including phenoxy) is 3. The highest BCUT2D eigenvalue weighted by Gasteiger charge is 2.28. The second-order valence-corrected chi connectivity index (χ2v) is 6.08. The normalized spacial score (nSPS) is 14.2. The first-order valence-electron chi connectivity index (χ1n) is 8.88. The van der Waals surface area contributed by atoms with E-state index in [0.29, 0.717) is 32.5 Å². The molecule has 1 aromatic carbocycles. The lowest BCUT2D eigenvalue weighted by Crippen LogP contribution is -2.42. The minimum atomic E-state index is -0.812. The lowest BCUT2D eigenvalue weighted by Gasteiger charge is -2.30. The summed E-state index contributed by atoms with van der Waals surface area (Å²) >= 11 is 0. The summed E-state index contributed by atoms with van der Waals surface area (Å²) in [6.45, 7) is 1.82. The molecule has 1 fully saturated rings. The van der Waals surface area contributed by atoms with E-state index in [9.17, 15) is 24.5 Å². The molecular formula is C18H22N2O8. The summed E-state index contributed by atoms with van der Waals surface area (Å²) in [7, 11) is 0. The van der Waals surface area contributed by atoms with Gasteiger partial charge in [-0.2, -0.15) is 0 Å². The van der Waals surface area contributed by atoms with Crippen LogP contribution in [-0.2, 0) is 23.9 Å². The second kappa shape index (κ2) is 10.2. The number of nitro benzene ring substituents is 1. The molecule has 1 aliphatic heterocycles. The smallest absolute Gasteiger partial charge is 0.344 e. The van der Waals surface area contributed by atoms with E-state index in [4.69, 9.17) is 14.2 Å². The molecule has 2 rings (SSSR count). The number of likely N-dealkylation sites (tertiary alicyclic amines) is 1. The molecule has 0 N–H and O–H groups in total. The molecule has 1 aromatic rings. The molecule has 0 bridgehead atoms. The van der Waals surface area contributed by atoms with Gasteiger partial charge in [-0.1, -0.05) is 12.1 Å². The fourth-order valence-corrected chi connectivity index (χ4v) is 2.77. The van der Waals surface area contributed by atoms with Gasteiger partial charge >= 0.3 is 17.6 Å². The first-order valence-corrected chi connectivity index (χ1v) is 8.88. The van der Waals surface area contributed by atoms with Gasteiger partial charge in [-0.3, -0.25) is 19.7 Å². The number of nitro groups is 1. The topological polar surface area (TPSA) is 125 Å². The van der Waals surface area contributed by atoms with Crippen LogP contribution in [0.5, 0.6) is 5.75 Å². The van der Waals surface area contributed by atoms with Gasteiger partial charge in [-0.05, 0) is 25.8 Å². The van der Waals surface area contributed by atoms with Crippen molar-refractivity contribution in [1.29, 1.82) is 0 Å². The molecule has 0 unspecified atom stereocenters. The average Bonchev–Trinajstić information content (AvgIpc) is 2.70. The maximum Gasteiger partial charge on any atom is 0.344 e. The number of carbonyl (C=O) groups excluding carboxylic acids is 3. The number of rotatable bonds is 8. The molecule has 152 valence electrons. The zero-order valence-corrected chi connectivity index (χ0v) is 15.5. The van der Waals surface area contributed by atoms with Gasteiger partial charge in [0.2, 0.25) is 0 Å². The predicted octanol–water partition coefficient (Wildman–Crippen LogP) is 1.32. The third kappa shape index (κ3) is 5.93. The lowest BCUT2D eigenvalue weighted by atomic mass is 9.97. The van der Waals surface area contributed by atoms with Crippen molar-refractivity contribution in [3.05, 3.63) is 34.4 Å². The van der Waals surface area contributed by atoms with Crippen LogP contribution in [0.2, 0.25) is 0 Å². The van der Waals surface area contributed by atoms with Crippen LogP contribution in [0.15, 0.2) is 24.3 Å². The molecule has 0 spiro atoms. The van der Waals surface area contributed by atoms with Gasteiger partial charge in [-0.25, -0.2) is 4.79 Å². The highest BCUT2D eigenvalue weighted by atomic mass is 16.6. The van der Waals surface area contributed by atoms with Crippen molar-refractivity contribution in [1.82, 2.24) is 4.90 Å². The number of para-hydroxylation sites is 2. The van der Waals surface area contributed by atoms with Crippen molar-refractivity contribution in [2.24, 2.45) is 5.92 Å². The summed E-state index contributed by atoms with van der Waals surface area (Å²) in [5.41, 5.74) is -0.268. The van der Waals surface area contributed by atoms with Gasteiger partial charge in [0, 0.05) is 19.2 Å². The van der Waals surface area contributed by atoms with E-state index in [1.54, 1.807) is 6.92 Å². The van der Waals surface area contributed by atoms with Crippen molar-refractivity contribution >= 4 is 23.5 Å². The number of nitrogens with zero attached hydrogens (tertiary/aromatic N) is 2. The first kappa shape index (κ1) is 21.1. The summed E-state index contributed by atoms with van der Waals surface area (Å²) in [6.07, 6.45) is 0.999. The standard InChI is InChI=1S/C18H22N2O8/c1-2-26-18(23)13-7-9-19(10-8-13)16(21)11-28-17(22)12-27-15-6-4-3-5-14(15)20(24)25/h3-6,13H,2,7-12H2,1H3. The Bertz CT molecular complexity index is 728. The maximum absolute atomic E-state index is 12.1. The van der Waals surface area contributed by atoms with Crippen molar-refractivity contribution in [2.75, 3.05) is 32.9 Å². The summed E-state index contributed by atoms with van der Waals surface area (Å²) in [5, 5.41) is 10.9. The Kier molecular flexibility index (Phi) is 7.73. The highest BCUT2D eigenvalue weighted by Crippen LogP contribution is 2.25. The van der Waals surface area contributed by atoms with Crippen LogP contribution < -0.4 is 4.74 Å². The molecule has 1 amide bonds. The molecule has 1 aliphatic rings. The average molecular weight is 394 g/mol. The van der Waals surface area contributed by atoms with E-state index in [-0.39, 0.29) is 29.2 Å². The van der Waals surface area contributed by atoms with Crippen molar-refractivity contribution in [3.63, 3.8) is 0 Å². The molecule has 0 atom stereocenters. The maximum atomic E-state index is 12.1. The van der Waals surface area contributed by atoms with Crippen LogP contribution >= 0.6 is 0 Å². The lowest BCUT2D eigenvalue weighted by molar-refractivity contribution is -0.385. The molecule has 0 aromatic heterocycles. The molecule has 0 aliphatic carbocycles. The molecule has 1 heterocycles. The zero-order valence-electron chi connectivity index (χ0n) is 15.5. The summed E-state index contributed by atoms with van der Waals surface area (Å²) in [4.78, 5) is 47.4. The number of piperidine rings is 1. The minimum Gasteiger partial charge on any atom is -0.475 e. The highest BCUT2D eigenvalue weighted by molar-refractivity contribution is 5.81. The number of hydrogen-bond acceptors (Lipinski definition) is 8. The van der Waals surface area contributed by atoms with Gasteiger partial charge in [-0.15, -0.1) is 0 Å². The van der Waals surface area contributed by atoms with E-state index in [1.807, 2.05) is 0 Å². The van der Waals surface area contributed by atoms with E-state index >= 15 is 0 Å². The SMILES string of the molecule is CCOC(=O)C1CCN(C(=O)COC(=O)COc2ccccc2[N+](=O)[O-])CC1. The Morgan fingerprint density at radius 3 is 2.46 bits per heavy atom. The van der Waals surface area contributed by atoms with Crippen LogP contribution in [-0.4, -0.2) is 60.6 Å². The number of hydrogen-bond donors (Lipinski definition) is 0. The fourth-order valence-electron chi connectivity index (χ4n) is 2.77. The van der Waals surface area contributed by atoms with E-state index in [1.165, 1.54) is 29.2 Å².